The fourth-order valence-electron chi connectivity index (χ4n) is 1.23. The van der Waals surface area contributed by atoms with Crippen molar-refractivity contribution in [3.63, 3.8) is 0 Å². The van der Waals surface area contributed by atoms with Crippen molar-refractivity contribution in [2.45, 2.75) is 0 Å². The van der Waals surface area contributed by atoms with E-state index in [9.17, 15) is 4.79 Å². The van der Waals surface area contributed by atoms with E-state index in [2.05, 4.69) is 38.1 Å². The summed E-state index contributed by atoms with van der Waals surface area (Å²) in [6, 6.07) is 10.7. The highest BCUT2D eigenvalue weighted by molar-refractivity contribution is 14.1. The van der Waals surface area contributed by atoms with E-state index in [4.69, 9.17) is 5.11 Å². The van der Waals surface area contributed by atoms with Gasteiger partial charge >= 0.3 is 5.97 Å². The van der Waals surface area contributed by atoms with Crippen molar-refractivity contribution in [3.8, 4) is 0 Å². The van der Waals surface area contributed by atoms with Gasteiger partial charge in [0.2, 0.25) is 0 Å². The number of nitrogens with zero attached hydrogens (tertiary/aromatic N) is 2. The topological polar surface area (TPSA) is 75.1 Å². The first kappa shape index (κ1) is 11.8. The Hall–Kier alpha value is -1.70. The zero-order valence-electron chi connectivity index (χ0n) is 8.59. The van der Waals surface area contributed by atoms with Crippen LogP contribution in [0.1, 0.15) is 10.5 Å². The first-order valence-electron chi connectivity index (χ1n) is 4.75. The molecule has 1 aromatic heterocycles. The molecule has 0 atom stereocenters. The lowest BCUT2D eigenvalue weighted by Crippen LogP contribution is -2.03. The number of carboxylic acid groups (broad SMARTS) is 1. The number of rotatable bonds is 3. The minimum atomic E-state index is -1.08. The molecular weight excluding hydrogens is 333 g/mol. The summed E-state index contributed by atoms with van der Waals surface area (Å²) < 4.78 is 1.10. The van der Waals surface area contributed by atoms with Crippen LogP contribution < -0.4 is 5.32 Å². The minimum absolute atomic E-state index is 0.0711. The summed E-state index contributed by atoms with van der Waals surface area (Å²) >= 11 is 2.21. The summed E-state index contributed by atoms with van der Waals surface area (Å²) in [7, 11) is 0. The summed E-state index contributed by atoms with van der Waals surface area (Å²) in [5, 5.41) is 19.1. The van der Waals surface area contributed by atoms with Crippen LogP contribution in [0, 0.1) is 3.57 Å². The Bertz CT molecular complexity index is 543. The molecule has 0 radical (unpaired) electrons. The van der Waals surface area contributed by atoms with E-state index >= 15 is 0 Å². The van der Waals surface area contributed by atoms with Crippen molar-refractivity contribution in [1.82, 2.24) is 10.2 Å². The summed E-state index contributed by atoms with van der Waals surface area (Å²) in [5.41, 5.74) is 0.812. The van der Waals surface area contributed by atoms with Crippen LogP contribution in [-0.2, 0) is 0 Å². The number of benzene rings is 1. The fraction of sp³-hybridized carbons (Fsp3) is 0. The molecule has 0 bridgehead atoms. The standard InChI is InChI=1S/C11H8IN3O2/c12-7-2-1-3-8(6-7)13-10-5-4-9(11(16)17)14-15-10/h1-6H,(H,13,15)(H,16,17). The van der Waals surface area contributed by atoms with Crippen LogP contribution in [0.2, 0.25) is 0 Å². The third-order valence-corrected chi connectivity index (χ3v) is 2.65. The van der Waals surface area contributed by atoms with Crippen LogP contribution in [0.5, 0.6) is 0 Å². The van der Waals surface area contributed by atoms with E-state index in [0.29, 0.717) is 5.82 Å². The van der Waals surface area contributed by atoms with Gasteiger partial charge in [-0.1, -0.05) is 6.07 Å². The fourth-order valence-corrected chi connectivity index (χ4v) is 1.77. The summed E-state index contributed by atoms with van der Waals surface area (Å²) in [6.07, 6.45) is 0. The highest BCUT2D eigenvalue weighted by atomic mass is 127. The normalized spacial score (nSPS) is 9.94. The van der Waals surface area contributed by atoms with Gasteiger partial charge in [0.1, 0.15) is 0 Å². The van der Waals surface area contributed by atoms with Crippen LogP contribution in [0.25, 0.3) is 0 Å². The maximum Gasteiger partial charge on any atom is 0.356 e. The Morgan fingerprint density at radius 3 is 2.65 bits per heavy atom. The first-order valence-corrected chi connectivity index (χ1v) is 5.82. The van der Waals surface area contributed by atoms with Gasteiger partial charge in [-0.15, -0.1) is 10.2 Å². The van der Waals surface area contributed by atoms with Crippen molar-refractivity contribution in [2.24, 2.45) is 0 Å². The number of nitrogens with one attached hydrogen (secondary N) is 1. The SMILES string of the molecule is O=C(O)c1ccc(Nc2cccc(I)c2)nn1. The van der Waals surface area contributed by atoms with Crippen LogP contribution >= 0.6 is 22.6 Å². The van der Waals surface area contributed by atoms with Crippen molar-refractivity contribution >= 4 is 40.1 Å². The van der Waals surface area contributed by atoms with E-state index < -0.39 is 5.97 Å². The molecule has 5 nitrogen and oxygen atoms in total. The quantitative estimate of drug-likeness (QED) is 0.840. The van der Waals surface area contributed by atoms with Gasteiger partial charge in [0.25, 0.3) is 0 Å². The van der Waals surface area contributed by atoms with E-state index in [0.717, 1.165) is 9.26 Å². The van der Waals surface area contributed by atoms with Crippen LogP contribution in [-0.4, -0.2) is 21.3 Å². The third-order valence-electron chi connectivity index (χ3n) is 1.98. The predicted molar refractivity (Wildman–Crippen MR) is 71.4 cm³/mol. The van der Waals surface area contributed by atoms with Crippen LogP contribution in [0.3, 0.4) is 0 Å². The number of aromatic nitrogens is 2. The largest absolute Gasteiger partial charge is 0.476 e. The van der Waals surface area contributed by atoms with Gasteiger partial charge in [-0.25, -0.2) is 4.79 Å². The zero-order chi connectivity index (χ0) is 12.3. The number of carbonyl (C=O) groups is 1. The van der Waals surface area contributed by atoms with Crippen molar-refractivity contribution in [3.05, 3.63) is 45.7 Å². The Labute approximate surface area is 111 Å². The molecule has 1 heterocycles. The molecular formula is C11H8IN3O2. The number of halogens is 1. The Morgan fingerprint density at radius 2 is 2.06 bits per heavy atom. The molecule has 2 N–H and O–H groups in total. The minimum Gasteiger partial charge on any atom is -0.476 e. The lowest BCUT2D eigenvalue weighted by atomic mass is 10.3. The molecule has 6 heteroatoms. The van der Waals surface area contributed by atoms with Gasteiger partial charge in [-0.2, -0.15) is 0 Å². The predicted octanol–water partition coefficient (Wildman–Crippen LogP) is 2.52. The summed E-state index contributed by atoms with van der Waals surface area (Å²) in [6.45, 7) is 0. The first-order chi connectivity index (χ1) is 8.15. The average molecular weight is 341 g/mol. The number of carboxylic acids is 1. The third kappa shape index (κ3) is 3.13. The van der Waals surface area contributed by atoms with Crippen LogP contribution in [0.15, 0.2) is 36.4 Å². The van der Waals surface area contributed by atoms with Gasteiger partial charge in [-0.05, 0) is 52.9 Å². The zero-order valence-corrected chi connectivity index (χ0v) is 10.7. The van der Waals surface area contributed by atoms with E-state index in [1.54, 1.807) is 6.07 Å². The molecule has 0 unspecified atom stereocenters. The second-order valence-corrected chi connectivity index (χ2v) is 4.49. The Morgan fingerprint density at radius 1 is 1.24 bits per heavy atom. The molecule has 0 aliphatic heterocycles. The molecule has 0 aliphatic carbocycles. The van der Waals surface area contributed by atoms with E-state index in [1.807, 2.05) is 24.3 Å². The average Bonchev–Trinajstić information content (AvgIpc) is 2.29. The van der Waals surface area contributed by atoms with E-state index in [-0.39, 0.29) is 5.69 Å². The number of hydrogen-bond acceptors (Lipinski definition) is 4. The van der Waals surface area contributed by atoms with E-state index in [1.165, 1.54) is 6.07 Å². The lowest BCUT2D eigenvalue weighted by Gasteiger charge is -2.04. The maximum atomic E-state index is 10.6. The number of hydrogen-bond donors (Lipinski definition) is 2. The summed E-state index contributed by atoms with van der Waals surface area (Å²) in [4.78, 5) is 10.6. The summed E-state index contributed by atoms with van der Waals surface area (Å²) in [5.74, 6) is -0.574. The monoisotopic (exact) mass is 341 g/mol. The van der Waals surface area contributed by atoms with Crippen LogP contribution in [0.4, 0.5) is 11.5 Å². The van der Waals surface area contributed by atoms with Gasteiger partial charge in [0.15, 0.2) is 11.5 Å². The molecule has 2 rings (SSSR count). The van der Waals surface area contributed by atoms with Crippen molar-refractivity contribution < 1.29 is 9.90 Å². The smallest absolute Gasteiger partial charge is 0.356 e. The molecule has 0 aliphatic rings. The van der Waals surface area contributed by atoms with Gasteiger partial charge in [0.05, 0.1) is 0 Å². The van der Waals surface area contributed by atoms with Crippen molar-refractivity contribution in [1.29, 1.82) is 0 Å². The molecule has 0 spiro atoms. The molecule has 17 heavy (non-hydrogen) atoms. The molecule has 2 aromatic rings. The van der Waals surface area contributed by atoms with Gasteiger partial charge in [0, 0.05) is 9.26 Å². The molecule has 0 fully saturated rings. The number of anilines is 2. The molecule has 0 saturated carbocycles. The lowest BCUT2D eigenvalue weighted by molar-refractivity contribution is 0.0689. The second-order valence-electron chi connectivity index (χ2n) is 3.24. The maximum absolute atomic E-state index is 10.6. The Balaban J connectivity index is 2.16. The second kappa shape index (κ2) is 5.09. The highest BCUT2D eigenvalue weighted by Crippen LogP contribution is 2.16. The van der Waals surface area contributed by atoms with Gasteiger partial charge in [-0.3, -0.25) is 0 Å². The number of aromatic carboxylic acids is 1. The molecule has 1 aromatic carbocycles. The highest BCUT2D eigenvalue weighted by Gasteiger charge is 2.04. The molecule has 86 valence electrons. The molecule has 0 saturated heterocycles. The molecule has 0 amide bonds. The Kier molecular flexibility index (Phi) is 3.52. The van der Waals surface area contributed by atoms with Crippen molar-refractivity contribution in [2.75, 3.05) is 5.32 Å². The van der Waals surface area contributed by atoms with Gasteiger partial charge < -0.3 is 10.4 Å².